The summed E-state index contributed by atoms with van der Waals surface area (Å²) in [6.07, 6.45) is 1.20. The third-order valence-corrected chi connectivity index (χ3v) is 5.86. The van der Waals surface area contributed by atoms with Gasteiger partial charge in [0.25, 0.3) is 0 Å². The van der Waals surface area contributed by atoms with Gasteiger partial charge in [-0.2, -0.15) is 18.3 Å². The lowest BCUT2D eigenvalue weighted by Gasteiger charge is -2.35. The van der Waals surface area contributed by atoms with E-state index in [-0.39, 0.29) is 24.4 Å². The molecule has 2 aromatic rings. The second-order valence-electron chi connectivity index (χ2n) is 8.18. The summed E-state index contributed by atoms with van der Waals surface area (Å²) in [5, 5.41) is 7.72. The minimum atomic E-state index is -4.31. The molecule has 2 aliphatic heterocycles. The number of hydrogen-bond donors (Lipinski definition) is 1. The van der Waals surface area contributed by atoms with Crippen LogP contribution in [0.4, 0.5) is 19.0 Å². The molecule has 4 rings (SSSR count). The summed E-state index contributed by atoms with van der Waals surface area (Å²) in [4.78, 5) is 6.44. The highest BCUT2D eigenvalue weighted by Crippen LogP contribution is 2.42. The fourth-order valence-electron chi connectivity index (χ4n) is 4.30. The Labute approximate surface area is 162 Å². The fourth-order valence-corrected chi connectivity index (χ4v) is 4.30. The van der Waals surface area contributed by atoms with Crippen LogP contribution in [0.25, 0.3) is 0 Å². The minimum Gasteiger partial charge on any atom is -0.367 e. The van der Waals surface area contributed by atoms with E-state index in [0.29, 0.717) is 5.82 Å². The number of aromatic nitrogens is 3. The Bertz CT molecular complexity index is 802. The van der Waals surface area contributed by atoms with Crippen molar-refractivity contribution >= 4 is 5.82 Å². The first kappa shape index (κ1) is 19.2. The van der Waals surface area contributed by atoms with Crippen LogP contribution in [-0.4, -0.2) is 38.4 Å². The molecule has 1 saturated heterocycles. The van der Waals surface area contributed by atoms with E-state index in [9.17, 15) is 13.2 Å². The van der Waals surface area contributed by atoms with Crippen LogP contribution in [0.2, 0.25) is 0 Å². The van der Waals surface area contributed by atoms with E-state index < -0.39 is 12.2 Å². The molecule has 3 atom stereocenters. The Morgan fingerprint density at radius 1 is 1.32 bits per heavy atom. The zero-order chi connectivity index (χ0) is 19.9. The molecule has 1 N–H and O–H groups in total. The van der Waals surface area contributed by atoms with Crippen LogP contribution in [-0.2, 0) is 6.54 Å². The number of rotatable bonds is 4. The van der Waals surface area contributed by atoms with Crippen molar-refractivity contribution in [1.82, 2.24) is 19.7 Å². The molecule has 0 bridgehead atoms. The van der Waals surface area contributed by atoms with Gasteiger partial charge in [0.2, 0.25) is 0 Å². The molecule has 5 nitrogen and oxygen atoms in total. The molecule has 1 fully saturated rings. The standard InChI is InChI=1S/C20H26F3N5/c1-13(2)15-9-18(20(21,22)23)28-19(25-15)10-16(26-28)17-6-4-8-27(17)12-14-5-3-7-24-11-14/h3,5,7,10-11,13,15,17-18,25H,4,6,8-9,12H2,1-2H3/t15-,17?,18+/m0/s1. The highest BCUT2D eigenvalue weighted by molar-refractivity contribution is 5.42. The van der Waals surface area contributed by atoms with Crippen molar-refractivity contribution in [2.24, 2.45) is 5.92 Å². The number of nitrogens with zero attached hydrogens (tertiary/aromatic N) is 4. The van der Waals surface area contributed by atoms with Crippen molar-refractivity contribution in [3.05, 3.63) is 41.9 Å². The molecule has 8 heteroatoms. The lowest BCUT2D eigenvalue weighted by molar-refractivity contribution is -0.174. The number of pyridine rings is 1. The maximum absolute atomic E-state index is 13.7. The number of hydrogen-bond acceptors (Lipinski definition) is 4. The summed E-state index contributed by atoms with van der Waals surface area (Å²) in [5.74, 6) is 0.598. The van der Waals surface area contributed by atoms with E-state index in [1.54, 1.807) is 6.20 Å². The van der Waals surface area contributed by atoms with E-state index in [0.717, 1.165) is 41.9 Å². The molecule has 2 aliphatic rings. The molecule has 0 radical (unpaired) electrons. The number of alkyl halides is 3. The quantitative estimate of drug-likeness (QED) is 0.827. The van der Waals surface area contributed by atoms with Crippen molar-refractivity contribution in [3.8, 4) is 0 Å². The molecular weight excluding hydrogens is 367 g/mol. The molecule has 152 valence electrons. The van der Waals surface area contributed by atoms with Crippen LogP contribution < -0.4 is 5.32 Å². The van der Waals surface area contributed by atoms with E-state index >= 15 is 0 Å². The van der Waals surface area contributed by atoms with Crippen molar-refractivity contribution in [3.63, 3.8) is 0 Å². The molecule has 1 unspecified atom stereocenters. The summed E-state index contributed by atoms with van der Waals surface area (Å²) in [5.41, 5.74) is 1.83. The minimum absolute atomic E-state index is 0.0132. The van der Waals surface area contributed by atoms with Crippen LogP contribution in [0, 0.1) is 5.92 Å². The second kappa shape index (κ2) is 7.39. The normalized spacial score (nSPS) is 25.7. The molecule has 0 aromatic carbocycles. The third kappa shape index (κ3) is 3.74. The van der Waals surface area contributed by atoms with Crippen LogP contribution >= 0.6 is 0 Å². The summed E-state index contributed by atoms with van der Waals surface area (Å²) >= 11 is 0. The van der Waals surface area contributed by atoms with E-state index in [4.69, 9.17) is 0 Å². The molecule has 0 saturated carbocycles. The molecule has 4 heterocycles. The van der Waals surface area contributed by atoms with Gasteiger partial charge in [0.05, 0.1) is 11.7 Å². The Morgan fingerprint density at radius 3 is 2.82 bits per heavy atom. The van der Waals surface area contributed by atoms with Gasteiger partial charge in [-0.25, -0.2) is 4.68 Å². The van der Waals surface area contributed by atoms with E-state index in [1.165, 1.54) is 0 Å². The Morgan fingerprint density at radius 2 is 2.14 bits per heavy atom. The van der Waals surface area contributed by atoms with E-state index in [1.807, 2.05) is 38.2 Å². The summed E-state index contributed by atoms with van der Waals surface area (Å²) in [6, 6.07) is 4.00. The Balaban J connectivity index is 1.61. The second-order valence-corrected chi connectivity index (χ2v) is 8.18. The zero-order valence-corrected chi connectivity index (χ0v) is 16.2. The smallest absolute Gasteiger partial charge is 0.367 e. The maximum Gasteiger partial charge on any atom is 0.410 e. The molecule has 2 aromatic heterocycles. The van der Waals surface area contributed by atoms with Gasteiger partial charge in [-0.1, -0.05) is 19.9 Å². The SMILES string of the molecule is CC(C)[C@@H]1C[C@H](C(F)(F)F)n2nc(C3CCCN3Cc3cccnc3)cc2N1. The van der Waals surface area contributed by atoms with Crippen molar-refractivity contribution < 1.29 is 13.2 Å². The third-order valence-electron chi connectivity index (χ3n) is 5.86. The van der Waals surface area contributed by atoms with Gasteiger partial charge in [0.1, 0.15) is 5.82 Å². The van der Waals surface area contributed by atoms with Crippen molar-refractivity contribution in [2.75, 3.05) is 11.9 Å². The Kier molecular flexibility index (Phi) is 5.07. The number of fused-ring (bicyclic) bond motifs is 1. The van der Waals surface area contributed by atoms with Crippen molar-refractivity contribution in [2.45, 2.75) is 64.0 Å². The molecule has 0 amide bonds. The fraction of sp³-hybridized carbons (Fsp3) is 0.600. The van der Waals surface area contributed by atoms with Crippen LogP contribution in [0.1, 0.15) is 56.5 Å². The van der Waals surface area contributed by atoms with Crippen LogP contribution in [0.3, 0.4) is 0 Å². The summed E-state index contributed by atoms with van der Waals surface area (Å²) in [7, 11) is 0. The van der Waals surface area contributed by atoms with Crippen LogP contribution in [0.5, 0.6) is 0 Å². The van der Waals surface area contributed by atoms with Crippen molar-refractivity contribution in [1.29, 1.82) is 0 Å². The Hall–Kier alpha value is -2.09. The molecule has 0 aliphatic carbocycles. The number of halogens is 3. The monoisotopic (exact) mass is 393 g/mol. The highest BCUT2D eigenvalue weighted by Gasteiger charge is 2.47. The summed E-state index contributed by atoms with van der Waals surface area (Å²) in [6.45, 7) is 5.53. The lowest BCUT2D eigenvalue weighted by atomic mass is 9.94. The first-order valence-electron chi connectivity index (χ1n) is 9.88. The highest BCUT2D eigenvalue weighted by atomic mass is 19.4. The lowest BCUT2D eigenvalue weighted by Crippen LogP contribution is -2.41. The van der Waals surface area contributed by atoms with Gasteiger partial charge in [0.15, 0.2) is 6.04 Å². The average molecular weight is 393 g/mol. The molecule has 28 heavy (non-hydrogen) atoms. The van der Waals surface area contributed by atoms with Gasteiger partial charge in [-0.15, -0.1) is 0 Å². The largest absolute Gasteiger partial charge is 0.410 e. The maximum atomic E-state index is 13.7. The van der Waals surface area contributed by atoms with Crippen LogP contribution in [0.15, 0.2) is 30.6 Å². The number of anilines is 1. The van der Waals surface area contributed by atoms with Gasteiger partial charge >= 0.3 is 6.18 Å². The van der Waals surface area contributed by atoms with Gasteiger partial charge < -0.3 is 5.32 Å². The average Bonchev–Trinajstić information content (AvgIpc) is 3.26. The predicted octanol–water partition coefficient (Wildman–Crippen LogP) is 4.56. The first-order chi connectivity index (χ1) is 13.3. The van der Waals surface area contributed by atoms with Gasteiger partial charge in [-0.3, -0.25) is 9.88 Å². The predicted molar refractivity (Wildman–Crippen MR) is 101 cm³/mol. The van der Waals surface area contributed by atoms with E-state index in [2.05, 4.69) is 20.3 Å². The zero-order valence-electron chi connectivity index (χ0n) is 16.2. The number of nitrogens with one attached hydrogen (secondary N) is 1. The molecular formula is C20H26F3N5. The number of likely N-dealkylation sites (tertiary alicyclic amines) is 1. The van der Waals surface area contributed by atoms with Gasteiger partial charge in [-0.05, 0) is 43.4 Å². The first-order valence-corrected chi connectivity index (χ1v) is 9.88. The van der Waals surface area contributed by atoms with Gasteiger partial charge in [0, 0.05) is 31.0 Å². The molecule has 0 spiro atoms. The summed E-state index contributed by atoms with van der Waals surface area (Å²) < 4.78 is 42.3. The topological polar surface area (TPSA) is 46.0 Å².